The average Bonchev–Trinajstić information content (AvgIpc) is 3.39. The molecule has 2 aliphatic rings. The smallest absolute Gasteiger partial charge is 0.387 e. The van der Waals surface area contributed by atoms with Crippen LogP contribution < -0.4 is 15.1 Å². The number of urea groups is 1. The van der Waals surface area contributed by atoms with Gasteiger partial charge in [0.1, 0.15) is 22.7 Å². The molecule has 1 aromatic carbocycles. The Morgan fingerprint density at radius 2 is 2.03 bits per heavy atom. The number of anilines is 2. The Morgan fingerprint density at radius 1 is 1.32 bits per heavy atom. The second-order valence-electron chi connectivity index (χ2n) is 9.14. The third-order valence-corrected chi connectivity index (χ3v) is 6.74. The Balaban J connectivity index is 1.75. The minimum Gasteiger partial charge on any atom is -0.387 e. The Kier molecular flexibility index (Phi) is 7.08. The first-order valence-electron chi connectivity index (χ1n) is 11.2. The summed E-state index contributed by atoms with van der Waals surface area (Å²) in [6, 6.07) is 0.996. The predicted octanol–water partition coefficient (Wildman–Crippen LogP) is 3.34. The minimum atomic E-state index is -4.75. The molecule has 2 saturated heterocycles. The molecule has 200 valence electrons. The van der Waals surface area contributed by atoms with Gasteiger partial charge in [-0.3, -0.25) is 9.69 Å². The number of aryl methyl sites for hydroxylation is 1. The van der Waals surface area contributed by atoms with E-state index in [1.807, 2.05) is 0 Å². The summed E-state index contributed by atoms with van der Waals surface area (Å²) < 4.78 is 68.8. The van der Waals surface area contributed by atoms with Gasteiger partial charge in [-0.15, -0.1) is 0 Å². The summed E-state index contributed by atoms with van der Waals surface area (Å²) in [5, 5.41) is 12.9. The van der Waals surface area contributed by atoms with Crippen molar-refractivity contribution in [3.8, 4) is 0 Å². The number of rotatable bonds is 5. The molecule has 0 saturated carbocycles. The summed E-state index contributed by atoms with van der Waals surface area (Å²) >= 11 is 5.64. The van der Waals surface area contributed by atoms with E-state index in [0.717, 1.165) is 32.9 Å². The van der Waals surface area contributed by atoms with Crippen LogP contribution in [0.15, 0.2) is 24.3 Å². The van der Waals surface area contributed by atoms with Crippen LogP contribution in [0.2, 0.25) is 5.02 Å². The molecular formula is C23H23ClF5N5O3. The van der Waals surface area contributed by atoms with Crippen molar-refractivity contribution in [1.82, 2.24) is 15.2 Å². The normalized spacial score (nSPS) is 22.2. The lowest BCUT2D eigenvalue weighted by Gasteiger charge is -2.27. The van der Waals surface area contributed by atoms with Gasteiger partial charge in [-0.1, -0.05) is 11.6 Å². The molecule has 37 heavy (non-hydrogen) atoms. The fourth-order valence-electron chi connectivity index (χ4n) is 4.51. The number of aliphatic hydroxyl groups is 1. The van der Waals surface area contributed by atoms with Crippen LogP contribution in [0, 0.1) is 18.6 Å². The largest absolute Gasteiger partial charge is 0.416 e. The van der Waals surface area contributed by atoms with Gasteiger partial charge in [-0.25, -0.2) is 18.6 Å². The van der Waals surface area contributed by atoms with Crippen molar-refractivity contribution in [3.63, 3.8) is 0 Å². The lowest BCUT2D eigenvalue weighted by atomic mass is 10.0. The van der Waals surface area contributed by atoms with Crippen molar-refractivity contribution >= 4 is 35.0 Å². The van der Waals surface area contributed by atoms with Gasteiger partial charge in [0, 0.05) is 19.3 Å². The van der Waals surface area contributed by atoms with Crippen molar-refractivity contribution in [1.29, 1.82) is 0 Å². The average molecular weight is 548 g/mol. The summed E-state index contributed by atoms with van der Waals surface area (Å²) in [5.41, 5.74) is -2.82. The highest BCUT2D eigenvalue weighted by atomic mass is 35.5. The zero-order valence-electron chi connectivity index (χ0n) is 19.7. The van der Waals surface area contributed by atoms with Crippen molar-refractivity contribution in [2.75, 3.05) is 43.0 Å². The first-order chi connectivity index (χ1) is 17.2. The molecule has 2 aromatic rings. The maximum atomic E-state index is 14.7. The molecule has 2 N–H and O–H groups in total. The molecule has 1 aromatic heterocycles. The lowest BCUT2D eigenvalue weighted by molar-refractivity contribution is -0.137. The van der Waals surface area contributed by atoms with Gasteiger partial charge in [0.05, 0.1) is 29.9 Å². The standard InChI is InChI=1S/C23H23ClF5N5O3/c1-12-7-13(23(27,28)29)8-17(31-12)34-16(9-33(21(34)36)11-22(37)5-6-30-10-22)20(35)32(2)15-4-3-14(25)18(24)19(15)26/h3-4,7-8,16,30,37H,5-6,9-11H2,1-2H3. The molecule has 0 bridgehead atoms. The topological polar surface area (TPSA) is 89.0 Å². The molecule has 4 rings (SSSR count). The highest BCUT2D eigenvalue weighted by Gasteiger charge is 2.48. The Hall–Kier alpha value is -3.03. The number of aromatic nitrogens is 1. The van der Waals surface area contributed by atoms with E-state index in [1.165, 1.54) is 14.0 Å². The number of benzene rings is 1. The molecule has 14 heteroatoms. The number of carbonyl (C=O) groups excluding carboxylic acids is 2. The van der Waals surface area contributed by atoms with Crippen LogP contribution in [0.1, 0.15) is 17.7 Å². The first kappa shape index (κ1) is 27.0. The van der Waals surface area contributed by atoms with Gasteiger partial charge >= 0.3 is 12.2 Å². The zero-order valence-corrected chi connectivity index (χ0v) is 20.5. The van der Waals surface area contributed by atoms with Crippen LogP contribution in [0.3, 0.4) is 0 Å². The zero-order chi connectivity index (χ0) is 27.3. The second-order valence-corrected chi connectivity index (χ2v) is 9.52. The van der Waals surface area contributed by atoms with Crippen LogP contribution >= 0.6 is 11.6 Å². The Bertz CT molecular complexity index is 1240. The molecule has 0 radical (unpaired) electrons. The molecule has 3 heterocycles. The predicted molar refractivity (Wildman–Crippen MR) is 124 cm³/mol. The molecule has 2 unspecified atom stereocenters. The highest BCUT2D eigenvalue weighted by molar-refractivity contribution is 6.31. The number of nitrogens with zero attached hydrogens (tertiary/aromatic N) is 4. The third kappa shape index (κ3) is 5.20. The van der Waals surface area contributed by atoms with E-state index in [1.54, 1.807) is 0 Å². The number of hydrogen-bond donors (Lipinski definition) is 2. The fraction of sp³-hybridized carbons (Fsp3) is 0.435. The van der Waals surface area contributed by atoms with E-state index in [-0.39, 0.29) is 25.3 Å². The van der Waals surface area contributed by atoms with Gasteiger partial charge in [0.2, 0.25) is 0 Å². The Labute approximate surface area is 213 Å². The van der Waals surface area contributed by atoms with Crippen molar-refractivity contribution < 1.29 is 36.6 Å². The summed E-state index contributed by atoms with van der Waals surface area (Å²) in [4.78, 5) is 33.8. The van der Waals surface area contributed by atoms with Gasteiger partial charge in [-0.2, -0.15) is 13.2 Å². The maximum Gasteiger partial charge on any atom is 0.416 e. The first-order valence-corrected chi connectivity index (χ1v) is 11.6. The lowest BCUT2D eigenvalue weighted by Crippen LogP contribution is -2.47. The molecule has 8 nitrogen and oxygen atoms in total. The molecule has 3 amide bonds. The number of halogens is 6. The van der Waals surface area contributed by atoms with E-state index >= 15 is 0 Å². The minimum absolute atomic E-state index is 0.0504. The summed E-state index contributed by atoms with van der Waals surface area (Å²) in [6.07, 6.45) is -4.44. The van der Waals surface area contributed by atoms with Crippen LogP contribution in [0.5, 0.6) is 0 Å². The summed E-state index contributed by atoms with van der Waals surface area (Å²) in [6.45, 7) is 1.46. The number of carbonyl (C=O) groups is 2. The Morgan fingerprint density at radius 3 is 2.65 bits per heavy atom. The number of amides is 3. The third-order valence-electron chi connectivity index (χ3n) is 6.39. The van der Waals surface area contributed by atoms with Gasteiger partial charge in [0.25, 0.3) is 5.91 Å². The number of alkyl halides is 3. The van der Waals surface area contributed by atoms with Gasteiger partial charge < -0.3 is 20.2 Å². The molecule has 0 aliphatic carbocycles. The molecule has 2 fully saturated rings. The van der Waals surface area contributed by atoms with Crippen LogP contribution in [0.4, 0.5) is 38.3 Å². The highest BCUT2D eigenvalue weighted by Crippen LogP contribution is 2.35. The van der Waals surface area contributed by atoms with Crippen molar-refractivity contribution in [2.24, 2.45) is 0 Å². The van der Waals surface area contributed by atoms with E-state index < -0.39 is 63.5 Å². The molecular weight excluding hydrogens is 525 g/mol. The molecule has 0 spiro atoms. The van der Waals surface area contributed by atoms with Gasteiger partial charge in [0.15, 0.2) is 5.82 Å². The van der Waals surface area contributed by atoms with Crippen molar-refractivity contribution in [3.05, 3.63) is 52.2 Å². The number of likely N-dealkylation sites (N-methyl/N-ethyl adjacent to an activating group) is 1. The van der Waals surface area contributed by atoms with E-state index in [0.29, 0.717) is 19.0 Å². The van der Waals surface area contributed by atoms with Gasteiger partial charge in [-0.05, 0) is 44.2 Å². The monoisotopic (exact) mass is 547 g/mol. The van der Waals surface area contributed by atoms with Crippen molar-refractivity contribution in [2.45, 2.75) is 31.2 Å². The summed E-state index contributed by atoms with van der Waals surface area (Å²) in [7, 11) is 1.17. The number of hydrogen-bond acceptors (Lipinski definition) is 5. The number of nitrogens with one attached hydrogen (secondary N) is 1. The number of β-amino-alcohol motifs (C(OH)–C–C–N with tert-alkyl or cyclic N) is 1. The quantitative estimate of drug-likeness (QED) is 0.443. The second kappa shape index (κ2) is 9.69. The van der Waals surface area contributed by atoms with E-state index in [2.05, 4.69) is 10.3 Å². The van der Waals surface area contributed by atoms with Crippen LogP contribution in [0.25, 0.3) is 0 Å². The van der Waals surface area contributed by atoms with E-state index in [4.69, 9.17) is 11.6 Å². The maximum absolute atomic E-state index is 14.7. The molecule has 2 atom stereocenters. The SMILES string of the molecule is Cc1cc(C(F)(F)F)cc(N2C(=O)N(CC3(O)CCNC3)CC2C(=O)N(C)c2ccc(F)c(Cl)c2F)n1. The number of pyridine rings is 1. The fourth-order valence-corrected chi connectivity index (χ4v) is 4.67. The molecule has 2 aliphatic heterocycles. The van der Waals surface area contributed by atoms with Crippen LogP contribution in [-0.4, -0.2) is 71.8 Å². The van der Waals surface area contributed by atoms with E-state index in [9.17, 15) is 36.6 Å². The van der Waals surface area contributed by atoms with Crippen LogP contribution in [-0.2, 0) is 11.0 Å². The summed E-state index contributed by atoms with van der Waals surface area (Å²) in [5.74, 6) is -3.58.